The molecule has 106 valence electrons. The van der Waals surface area contributed by atoms with Crippen molar-refractivity contribution in [3.8, 4) is 0 Å². The molecule has 0 unspecified atom stereocenters. The number of guanidine groups is 1. The van der Waals surface area contributed by atoms with Crippen LogP contribution >= 0.6 is 23.1 Å². The second-order valence-corrected chi connectivity index (χ2v) is 6.67. The van der Waals surface area contributed by atoms with Gasteiger partial charge in [-0.25, -0.2) is 4.98 Å². The van der Waals surface area contributed by atoms with E-state index in [1.807, 2.05) is 23.3 Å². The lowest BCUT2D eigenvalue weighted by Crippen LogP contribution is -2.39. The van der Waals surface area contributed by atoms with Crippen molar-refractivity contribution in [3.63, 3.8) is 0 Å². The molecule has 1 aliphatic heterocycles. The molecule has 4 nitrogen and oxygen atoms in total. The highest BCUT2D eigenvalue weighted by Crippen LogP contribution is 2.20. The molecule has 1 aromatic heterocycles. The molecule has 0 aliphatic carbocycles. The SMILES string of the molecule is CCNC(=NCCCSc1nccs1)N1CCCC1. The molecule has 2 rings (SSSR count). The van der Waals surface area contributed by atoms with E-state index >= 15 is 0 Å². The number of aromatic nitrogens is 1. The Kier molecular flexibility index (Phi) is 6.50. The van der Waals surface area contributed by atoms with Gasteiger partial charge in [0.25, 0.3) is 0 Å². The number of hydrogen-bond acceptors (Lipinski definition) is 4. The Morgan fingerprint density at radius 1 is 1.53 bits per heavy atom. The molecular formula is C13H22N4S2. The molecular weight excluding hydrogens is 276 g/mol. The number of hydrogen-bond donors (Lipinski definition) is 1. The summed E-state index contributed by atoms with van der Waals surface area (Å²) < 4.78 is 1.16. The third-order valence-electron chi connectivity index (χ3n) is 2.94. The minimum absolute atomic E-state index is 0.900. The lowest BCUT2D eigenvalue weighted by Gasteiger charge is -2.20. The predicted molar refractivity (Wildman–Crippen MR) is 84.2 cm³/mol. The third-order valence-corrected chi connectivity index (χ3v) is 4.99. The fraction of sp³-hybridized carbons (Fsp3) is 0.692. The highest BCUT2D eigenvalue weighted by molar-refractivity contribution is 8.00. The first-order valence-electron chi connectivity index (χ1n) is 6.95. The van der Waals surface area contributed by atoms with Crippen LogP contribution in [-0.2, 0) is 0 Å². The van der Waals surface area contributed by atoms with E-state index < -0.39 is 0 Å². The normalized spacial score (nSPS) is 16.1. The molecule has 1 saturated heterocycles. The first-order valence-corrected chi connectivity index (χ1v) is 8.82. The van der Waals surface area contributed by atoms with Gasteiger partial charge in [-0.2, -0.15) is 0 Å². The molecule has 2 heterocycles. The Morgan fingerprint density at radius 3 is 3.05 bits per heavy atom. The van der Waals surface area contributed by atoms with Crippen molar-refractivity contribution in [3.05, 3.63) is 11.6 Å². The van der Waals surface area contributed by atoms with Crippen LogP contribution in [0.5, 0.6) is 0 Å². The summed E-state index contributed by atoms with van der Waals surface area (Å²) in [5, 5.41) is 5.41. The number of thioether (sulfide) groups is 1. The maximum absolute atomic E-state index is 4.72. The van der Waals surface area contributed by atoms with Crippen LogP contribution < -0.4 is 5.32 Å². The standard InChI is InChI=1S/C13H22N4S2/c1-2-14-12(17-8-3-4-9-17)15-6-5-10-18-13-16-7-11-19-13/h7,11H,2-6,8-10H2,1H3,(H,14,15). The lowest BCUT2D eigenvalue weighted by atomic mass is 10.4. The molecule has 0 amide bonds. The van der Waals surface area contributed by atoms with E-state index in [9.17, 15) is 0 Å². The molecule has 6 heteroatoms. The minimum Gasteiger partial charge on any atom is -0.357 e. The Morgan fingerprint density at radius 2 is 2.37 bits per heavy atom. The average Bonchev–Trinajstić information content (AvgIpc) is 3.10. The van der Waals surface area contributed by atoms with Gasteiger partial charge in [0.05, 0.1) is 0 Å². The average molecular weight is 298 g/mol. The second kappa shape index (κ2) is 8.43. The molecule has 1 fully saturated rings. The molecule has 0 aromatic carbocycles. The second-order valence-electron chi connectivity index (χ2n) is 4.43. The molecule has 1 aromatic rings. The van der Waals surface area contributed by atoms with E-state index in [0.29, 0.717) is 0 Å². The molecule has 0 bridgehead atoms. The van der Waals surface area contributed by atoms with Gasteiger partial charge in [-0.1, -0.05) is 11.8 Å². The van der Waals surface area contributed by atoms with E-state index in [1.165, 1.54) is 12.8 Å². The fourth-order valence-electron chi connectivity index (χ4n) is 2.05. The van der Waals surface area contributed by atoms with Crippen molar-refractivity contribution in [2.24, 2.45) is 4.99 Å². The van der Waals surface area contributed by atoms with Crippen LogP contribution in [0.2, 0.25) is 0 Å². The number of thiazole rings is 1. The van der Waals surface area contributed by atoms with Crippen molar-refractivity contribution >= 4 is 29.1 Å². The van der Waals surface area contributed by atoms with Crippen molar-refractivity contribution in [2.75, 3.05) is 31.9 Å². The summed E-state index contributed by atoms with van der Waals surface area (Å²) in [7, 11) is 0. The van der Waals surface area contributed by atoms with Crippen LogP contribution in [0.25, 0.3) is 0 Å². The maximum atomic E-state index is 4.72. The number of likely N-dealkylation sites (tertiary alicyclic amines) is 1. The summed E-state index contributed by atoms with van der Waals surface area (Å²) in [4.78, 5) is 11.4. The van der Waals surface area contributed by atoms with Crippen molar-refractivity contribution < 1.29 is 0 Å². The summed E-state index contributed by atoms with van der Waals surface area (Å²) in [5.74, 6) is 2.19. The van der Waals surface area contributed by atoms with Crippen LogP contribution in [0.15, 0.2) is 20.9 Å². The minimum atomic E-state index is 0.900. The Bertz CT molecular complexity index is 372. The van der Waals surface area contributed by atoms with Crippen molar-refractivity contribution in [1.82, 2.24) is 15.2 Å². The summed E-state index contributed by atoms with van der Waals surface area (Å²) in [6.45, 7) is 6.28. The zero-order chi connectivity index (χ0) is 13.3. The Labute approximate surface area is 123 Å². The molecule has 0 atom stereocenters. The first-order chi connectivity index (χ1) is 9.40. The van der Waals surface area contributed by atoms with Gasteiger partial charge in [0, 0.05) is 43.5 Å². The fourth-order valence-corrected chi connectivity index (χ4v) is 3.68. The van der Waals surface area contributed by atoms with Gasteiger partial charge in [-0.15, -0.1) is 11.3 Å². The van der Waals surface area contributed by atoms with Crippen LogP contribution in [0.1, 0.15) is 26.2 Å². The van der Waals surface area contributed by atoms with Gasteiger partial charge in [0.1, 0.15) is 4.34 Å². The van der Waals surface area contributed by atoms with E-state index in [-0.39, 0.29) is 0 Å². The topological polar surface area (TPSA) is 40.5 Å². The van der Waals surface area contributed by atoms with E-state index in [1.54, 1.807) is 11.3 Å². The van der Waals surface area contributed by atoms with Crippen molar-refractivity contribution in [1.29, 1.82) is 0 Å². The molecule has 0 radical (unpaired) electrons. The first kappa shape index (κ1) is 14.7. The summed E-state index contributed by atoms with van der Waals surface area (Å²) >= 11 is 3.54. The molecule has 19 heavy (non-hydrogen) atoms. The number of nitrogens with one attached hydrogen (secondary N) is 1. The van der Waals surface area contributed by atoms with Crippen LogP contribution in [-0.4, -0.2) is 47.8 Å². The number of rotatable bonds is 6. The monoisotopic (exact) mass is 298 g/mol. The van der Waals surface area contributed by atoms with Crippen LogP contribution in [0, 0.1) is 0 Å². The molecule has 1 N–H and O–H groups in total. The van der Waals surface area contributed by atoms with Gasteiger partial charge >= 0.3 is 0 Å². The van der Waals surface area contributed by atoms with Gasteiger partial charge in [-0.05, 0) is 26.2 Å². The van der Waals surface area contributed by atoms with Gasteiger partial charge in [-0.3, -0.25) is 4.99 Å². The zero-order valence-electron chi connectivity index (χ0n) is 11.5. The summed E-state index contributed by atoms with van der Waals surface area (Å²) in [5.41, 5.74) is 0. The van der Waals surface area contributed by atoms with Gasteiger partial charge < -0.3 is 10.2 Å². The predicted octanol–water partition coefficient (Wildman–Crippen LogP) is 2.69. The van der Waals surface area contributed by atoms with E-state index in [4.69, 9.17) is 4.99 Å². The third kappa shape index (κ3) is 5.03. The largest absolute Gasteiger partial charge is 0.357 e. The number of aliphatic imine (C=N–C) groups is 1. The summed E-state index contributed by atoms with van der Waals surface area (Å²) in [6.07, 6.45) is 5.56. The summed E-state index contributed by atoms with van der Waals surface area (Å²) in [6, 6.07) is 0. The maximum Gasteiger partial charge on any atom is 0.193 e. The van der Waals surface area contributed by atoms with Crippen LogP contribution in [0.4, 0.5) is 0 Å². The molecule has 1 aliphatic rings. The smallest absolute Gasteiger partial charge is 0.193 e. The van der Waals surface area contributed by atoms with Gasteiger partial charge in [0.2, 0.25) is 0 Å². The van der Waals surface area contributed by atoms with Crippen LogP contribution in [0.3, 0.4) is 0 Å². The van der Waals surface area contributed by atoms with Crippen molar-refractivity contribution in [2.45, 2.75) is 30.5 Å². The van der Waals surface area contributed by atoms with E-state index in [0.717, 1.165) is 48.7 Å². The zero-order valence-corrected chi connectivity index (χ0v) is 13.1. The molecule has 0 saturated carbocycles. The Balaban J connectivity index is 1.69. The quantitative estimate of drug-likeness (QED) is 0.379. The highest BCUT2D eigenvalue weighted by Gasteiger charge is 2.14. The van der Waals surface area contributed by atoms with E-state index in [2.05, 4.69) is 22.1 Å². The molecule has 0 spiro atoms. The number of nitrogens with zero attached hydrogens (tertiary/aromatic N) is 3. The highest BCUT2D eigenvalue weighted by atomic mass is 32.2. The Hall–Kier alpha value is -0.750. The van der Waals surface area contributed by atoms with Gasteiger partial charge in [0.15, 0.2) is 5.96 Å². The lowest BCUT2D eigenvalue weighted by molar-refractivity contribution is 0.494.